The highest BCUT2D eigenvalue weighted by molar-refractivity contribution is 7.13. The molecule has 3 rings (SSSR count). The summed E-state index contributed by atoms with van der Waals surface area (Å²) in [5, 5.41) is 14.2. The molecule has 0 atom stereocenters. The number of halogens is 1. The lowest BCUT2D eigenvalue weighted by molar-refractivity contribution is 0.930. The number of nitrogens with zero attached hydrogens (tertiary/aromatic N) is 5. The van der Waals surface area contributed by atoms with Crippen molar-refractivity contribution in [3.8, 4) is 0 Å². The lowest BCUT2D eigenvalue weighted by atomic mass is 10.2. The van der Waals surface area contributed by atoms with E-state index in [-0.39, 0.29) is 0 Å². The quantitative estimate of drug-likeness (QED) is 0.546. The zero-order valence-corrected chi connectivity index (χ0v) is 14.3. The van der Waals surface area contributed by atoms with Crippen molar-refractivity contribution in [1.29, 1.82) is 0 Å². The summed E-state index contributed by atoms with van der Waals surface area (Å²) in [6.07, 6.45) is 7.02. The molecular formula is C16H13ClN6S. The second-order valence-electron chi connectivity index (χ2n) is 4.71. The molecule has 3 aromatic rings. The molecule has 0 saturated heterocycles. The van der Waals surface area contributed by atoms with Crippen LogP contribution in [-0.4, -0.2) is 26.5 Å². The Morgan fingerprint density at radius 1 is 1.17 bits per heavy atom. The van der Waals surface area contributed by atoms with Gasteiger partial charge in [0.25, 0.3) is 0 Å². The molecule has 0 spiro atoms. The van der Waals surface area contributed by atoms with Crippen LogP contribution in [0.4, 0.5) is 11.1 Å². The summed E-state index contributed by atoms with van der Waals surface area (Å²) >= 11 is 7.33. The zero-order chi connectivity index (χ0) is 16.8. The summed E-state index contributed by atoms with van der Waals surface area (Å²) in [5.74, 6) is 0.372. The molecule has 8 heteroatoms. The summed E-state index contributed by atoms with van der Waals surface area (Å²) in [6, 6.07) is 7.55. The molecule has 0 radical (unpaired) electrons. The highest BCUT2D eigenvalue weighted by atomic mass is 35.5. The number of thiazole rings is 1. The topological polar surface area (TPSA) is 76.0 Å². The van der Waals surface area contributed by atoms with Crippen molar-refractivity contribution in [2.45, 2.75) is 6.92 Å². The molecular weight excluding hydrogens is 344 g/mol. The monoisotopic (exact) mass is 356 g/mol. The summed E-state index contributed by atoms with van der Waals surface area (Å²) in [6.45, 7) is 1.86. The van der Waals surface area contributed by atoms with E-state index < -0.39 is 0 Å². The van der Waals surface area contributed by atoms with Crippen molar-refractivity contribution in [3.63, 3.8) is 0 Å². The van der Waals surface area contributed by atoms with Crippen LogP contribution in [0.1, 0.15) is 17.0 Å². The van der Waals surface area contributed by atoms with Crippen LogP contribution in [0.3, 0.4) is 0 Å². The van der Waals surface area contributed by atoms with Gasteiger partial charge in [-0.2, -0.15) is 0 Å². The molecule has 0 aliphatic rings. The van der Waals surface area contributed by atoms with Gasteiger partial charge in [-0.1, -0.05) is 29.8 Å². The van der Waals surface area contributed by atoms with Gasteiger partial charge in [0.15, 0.2) is 0 Å². The third kappa shape index (κ3) is 4.43. The SMILES string of the molecule is Cc1nnc(N/C=N/c2nccs2)nc1/C=C/c1ccc(Cl)cc1. The minimum absolute atomic E-state index is 0.372. The van der Waals surface area contributed by atoms with Gasteiger partial charge < -0.3 is 5.32 Å². The Balaban J connectivity index is 1.72. The number of hydrogen-bond acceptors (Lipinski definition) is 6. The molecule has 0 saturated carbocycles. The van der Waals surface area contributed by atoms with E-state index in [2.05, 4.69) is 30.5 Å². The number of aliphatic imine (C=N–C) groups is 1. The Labute approximate surface area is 148 Å². The second-order valence-corrected chi connectivity index (χ2v) is 6.02. The fourth-order valence-corrected chi connectivity index (χ4v) is 2.39. The van der Waals surface area contributed by atoms with Gasteiger partial charge in [0, 0.05) is 16.6 Å². The Kier molecular flexibility index (Phi) is 5.25. The van der Waals surface area contributed by atoms with Crippen molar-refractivity contribution >= 4 is 52.5 Å². The summed E-state index contributed by atoms with van der Waals surface area (Å²) in [7, 11) is 0. The first-order valence-electron chi connectivity index (χ1n) is 7.04. The average Bonchev–Trinajstić information content (AvgIpc) is 3.10. The van der Waals surface area contributed by atoms with Crippen molar-refractivity contribution in [1.82, 2.24) is 20.2 Å². The summed E-state index contributed by atoms with van der Waals surface area (Å²) in [4.78, 5) is 12.6. The van der Waals surface area contributed by atoms with Crippen LogP contribution < -0.4 is 5.32 Å². The fraction of sp³-hybridized carbons (Fsp3) is 0.0625. The minimum Gasteiger partial charge on any atom is -0.313 e. The number of hydrogen-bond donors (Lipinski definition) is 1. The first-order valence-corrected chi connectivity index (χ1v) is 8.30. The van der Waals surface area contributed by atoms with Crippen LogP contribution in [0, 0.1) is 6.92 Å². The van der Waals surface area contributed by atoms with Crippen LogP contribution in [0.5, 0.6) is 0 Å². The van der Waals surface area contributed by atoms with Crippen molar-refractivity contribution in [2.75, 3.05) is 5.32 Å². The van der Waals surface area contributed by atoms with E-state index >= 15 is 0 Å². The van der Waals surface area contributed by atoms with Crippen molar-refractivity contribution in [2.24, 2.45) is 4.99 Å². The molecule has 1 aromatic carbocycles. The number of benzene rings is 1. The summed E-state index contributed by atoms with van der Waals surface area (Å²) in [5.41, 5.74) is 2.49. The van der Waals surface area contributed by atoms with E-state index in [9.17, 15) is 0 Å². The molecule has 0 aliphatic carbocycles. The van der Waals surface area contributed by atoms with Crippen molar-refractivity contribution in [3.05, 3.63) is 57.8 Å². The van der Waals surface area contributed by atoms with E-state index in [0.717, 1.165) is 17.0 Å². The van der Waals surface area contributed by atoms with Crippen LogP contribution in [0.15, 0.2) is 40.8 Å². The van der Waals surface area contributed by atoms with Gasteiger partial charge in [-0.15, -0.1) is 21.5 Å². The van der Waals surface area contributed by atoms with E-state index in [4.69, 9.17) is 11.6 Å². The van der Waals surface area contributed by atoms with Gasteiger partial charge in [-0.25, -0.2) is 15.0 Å². The first kappa shape index (κ1) is 16.2. The molecule has 2 heterocycles. The van der Waals surface area contributed by atoms with Crippen LogP contribution in [0.2, 0.25) is 5.02 Å². The molecule has 0 bridgehead atoms. The van der Waals surface area contributed by atoms with Gasteiger partial charge in [-0.05, 0) is 30.7 Å². The van der Waals surface area contributed by atoms with Crippen LogP contribution in [-0.2, 0) is 0 Å². The molecule has 0 fully saturated rings. The molecule has 0 unspecified atom stereocenters. The number of nitrogens with one attached hydrogen (secondary N) is 1. The smallest absolute Gasteiger partial charge is 0.248 e. The van der Waals surface area contributed by atoms with Crippen LogP contribution in [0.25, 0.3) is 12.2 Å². The Bertz CT molecular complexity index is 859. The van der Waals surface area contributed by atoms with E-state index in [1.54, 1.807) is 6.20 Å². The van der Waals surface area contributed by atoms with Crippen molar-refractivity contribution < 1.29 is 0 Å². The minimum atomic E-state index is 0.372. The number of aromatic nitrogens is 4. The molecule has 0 amide bonds. The fourth-order valence-electron chi connectivity index (χ4n) is 1.78. The third-order valence-electron chi connectivity index (χ3n) is 2.98. The van der Waals surface area contributed by atoms with Gasteiger partial charge in [0.1, 0.15) is 0 Å². The number of aryl methyl sites for hydroxylation is 1. The maximum atomic E-state index is 5.88. The Hall–Kier alpha value is -2.64. The van der Waals surface area contributed by atoms with Crippen LogP contribution >= 0.6 is 22.9 Å². The predicted molar refractivity (Wildman–Crippen MR) is 98.8 cm³/mol. The molecule has 1 N–H and O–H groups in total. The lowest BCUT2D eigenvalue weighted by Crippen LogP contribution is -2.05. The highest BCUT2D eigenvalue weighted by Crippen LogP contribution is 2.14. The molecule has 120 valence electrons. The Morgan fingerprint density at radius 2 is 2.00 bits per heavy atom. The standard InChI is InChI=1S/C16H13ClN6S/c1-11-14(7-4-12-2-5-13(17)6-3-12)21-15(23-22-11)19-10-20-16-18-8-9-24-16/h2-10H,1H3,(H,18,19,20,21,23)/b7-4+. The highest BCUT2D eigenvalue weighted by Gasteiger charge is 2.02. The lowest BCUT2D eigenvalue weighted by Gasteiger charge is -2.01. The van der Waals surface area contributed by atoms with Gasteiger partial charge in [0.05, 0.1) is 17.7 Å². The first-order chi connectivity index (χ1) is 11.7. The number of rotatable bonds is 5. The largest absolute Gasteiger partial charge is 0.313 e. The van der Waals surface area contributed by atoms with E-state index in [1.807, 2.05) is 48.7 Å². The molecule has 6 nitrogen and oxygen atoms in total. The average molecular weight is 357 g/mol. The van der Waals surface area contributed by atoms with Gasteiger partial charge in [-0.3, -0.25) is 0 Å². The summed E-state index contributed by atoms with van der Waals surface area (Å²) < 4.78 is 0. The normalized spacial score (nSPS) is 11.4. The zero-order valence-electron chi connectivity index (χ0n) is 12.7. The molecule has 24 heavy (non-hydrogen) atoms. The second kappa shape index (κ2) is 7.76. The predicted octanol–water partition coefficient (Wildman–Crippen LogP) is 4.23. The Morgan fingerprint density at radius 3 is 2.75 bits per heavy atom. The third-order valence-corrected chi connectivity index (χ3v) is 3.91. The van der Waals surface area contributed by atoms with E-state index in [0.29, 0.717) is 16.1 Å². The molecule has 0 aliphatic heterocycles. The van der Waals surface area contributed by atoms with Gasteiger partial charge in [0.2, 0.25) is 11.1 Å². The maximum Gasteiger partial charge on any atom is 0.248 e. The molecule has 2 aromatic heterocycles. The van der Waals surface area contributed by atoms with E-state index in [1.165, 1.54) is 17.7 Å². The number of anilines is 1. The van der Waals surface area contributed by atoms with Gasteiger partial charge >= 0.3 is 0 Å². The maximum absolute atomic E-state index is 5.88.